The van der Waals surface area contributed by atoms with Gasteiger partial charge in [0.25, 0.3) is 11.5 Å². The predicted octanol–water partition coefficient (Wildman–Crippen LogP) is 1.34. The third-order valence-corrected chi connectivity index (χ3v) is 4.79. The fraction of sp³-hybridized carbons (Fsp3) is 0.389. The number of aryl methyl sites for hydroxylation is 2. The van der Waals surface area contributed by atoms with Gasteiger partial charge < -0.3 is 10.4 Å². The highest BCUT2D eigenvalue weighted by molar-refractivity contribution is 5.95. The van der Waals surface area contributed by atoms with Crippen LogP contribution < -0.4 is 10.9 Å². The van der Waals surface area contributed by atoms with Gasteiger partial charge in [-0.1, -0.05) is 24.3 Å². The van der Waals surface area contributed by atoms with Gasteiger partial charge in [-0.15, -0.1) is 0 Å². The molecule has 1 aliphatic carbocycles. The first-order valence-electron chi connectivity index (χ1n) is 8.07. The molecule has 0 saturated heterocycles. The van der Waals surface area contributed by atoms with Crippen LogP contribution in [0.5, 0.6) is 0 Å². The lowest BCUT2D eigenvalue weighted by molar-refractivity contribution is 0.0189. The van der Waals surface area contributed by atoms with Crippen molar-refractivity contribution < 1.29 is 9.90 Å². The first-order valence-corrected chi connectivity index (χ1v) is 8.07. The summed E-state index contributed by atoms with van der Waals surface area (Å²) in [5.41, 5.74) is 1.53. The minimum Gasteiger partial charge on any atom is -0.383 e. The molecule has 0 bridgehead atoms. The third-order valence-electron chi connectivity index (χ3n) is 4.79. The molecular formula is C18H21N3O3. The first-order chi connectivity index (χ1) is 11.4. The molecule has 1 aliphatic rings. The average molecular weight is 327 g/mol. The lowest BCUT2D eigenvalue weighted by atomic mass is 9.79. The minimum atomic E-state index is -1.10. The fourth-order valence-corrected chi connectivity index (χ4v) is 3.30. The van der Waals surface area contributed by atoms with E-state index in [1.807, 2.05) is 24.3 Å². The van der Waals surface area contributed by atoms with Gasteiger partial charge in [0.2, 0.25) is 0 Å². The lowest BCUT2D eigenvalue weighted by Gasteiger charge is -2.34. The number of nitrogens with one attached hydrogen (secondary N) is 2. The van der Waals surface area contributed by atoms with Gasteiger partial charge in [-0.3, -0.25) is 9.59 Å². The molecule has 1 unspecified atom stereocenters. The average Bonchev–Trinajstić information content (AvgIpc) is 2.57. The summed E-state index contributed by atoms with van der Waals surface area (Å²) in [5.74, 6) is -0.490. The SMILES string of the molecule is Cc1n[nH]c(=O)c(C(=O)NCC2(O)CCCc3ccccc32)c1C. The Hall–Kier alpha value is -2.47. The van der Waals surface area contributed by atoms with Crippen molar-refractivity contribution in [2.45, 2.75) is 38.7 Å². The second-order valence-electron chi connectivity index (χ2n) is 6.36. The summed E-state index contributed by atoms with van der Waals surface area (Å²) in [6.45, 7) is 3.49. The number of carbonyl (C=O) groups excluding carboxylic acids is 1. The fourth-order valence-electron chi connectivity index (χ4n) is 3.30. The van der Waals surface area contributed by atoms with Gasteiger partial charge in [0.1, 0.15) is 11.2 Å². The molecule has 126 valence electrons. The van der Waals surface area contributed by atoms with Gasteiger partial charge in [0.05, 0.1) is 12.2 Å². The number of benzene rings is 1. The van der Waals surface area contributed by atoms with Crippen molar-refractivity contribution in [2.75, 3.05) is 6.54 Å². The highest BCUT2D eigenvalue weighted by Gasteiger charge is 2.34. The van der Waals surface area contributed by atoms with Gasteiger partial charge in [-0.2, -0.15) is 5.10 Å². The van der Waals surface area contributed by atoms with Crippen molar-refractivity contribution in [1.82, 2.24) is 15.5 Å². The Labute approximate surface area is 139 Å². The number of rotatable bonds is 3. The molecule has 6 nitrogen and oxygen atoms in total. The Morgan fingerprint density at radius 3 is 2.92 bits per heavy atom. The zero-order valence-electron chi connectivity index (χ0n) is 13.8. The van der Waals surface area contributed by atoms with Crippen LogP contribution in [0, 0.1) is 13.8 Å². The van der Waals surface area contributed by atoms with Gasteiger partial charge in [-0.05, 0) is 49.8 Å². The maximum Gasteiger partial charge on any atom is 0.277 e. The van der Waals surface area contributed by atoms with Crippen LogP contribution >= 0.6 is 0 Å². The lowest BCUT2D eigenvalue weighted by Crippen LogP contribution is -2.44. The zero-order chi connectivity index (χ0) is 17.3. The van der Waals surface area contributed by atoms with Crippen LogP contribution in [-0.2, 0) is 12.0 Å². The van der Waals surface area contributed by atoms with Crippen LogP contribution in [0.2, 0.25) is 0 Å². The van der Waals surface area contributed by atoms with E-state index < -0.39 is 17.1 Å². The van der Waals surface area contributed by atoms with Crippen molar-refractivity contribution in [3.05, 3.63) is 62.6 Å². The topological polar surface area (TPSA) is 95.1 Å². The summed E-state index contributed by atoms with van der Waals surface area (Å²) in [4.78, 5) is 24.4. The molecule has 0 radical (unpaired) electrons. The molecule has 0 spiro atoms. The number of fused-ring (bicyclic) bond motifs is 1. The van der Waals surface area contributed by atoms with E-state index in [2.05, 4.69) is 15.5 Å². The largest absolute Gasteiger partial charge is 0.383 e. The van der Waals surface area contributed by atoms with Crippen molar-refractivity contribution in [3.63, 3.8) is 0 Å². The molecule has 6 heteroatoms. The van der Waals surface area contributed by atoms with E-state index in [9.17, 15) is 14.7 Å². The van der Waals surface area contributed by atoms with Crippen LogP contribution in [0.4, 0.5) is 0 Å². The van der Waals surface area contributed by atoms with Gasteiger partial charge in [0.15, 0.2) is 0 Å². The second-order valence-corrected chi connectivity index (χ2v) is 6.36. The second kappa shape index (κ2) is 6.20. The van der Waals surface area contributed by atoms with Crippen LogP contribution in [0.1, 0.15) is 45.6 Å². The van der Waals surface area contributed by atoms with Crippen LogP contribution in [-0.4, -0.2) is 27.8 Å². The predicted molar refractivity (Wildman–Crippen MR) is 89.9 cm³/mol. The van der Waals surface area contributed by atoms with Gasteiger partial charge >= 0.3 is 0 Å². The molecule has 1 aromatic carbocycles. The monoisotopic (exact) mass is 327 g/mol. The van der Waals surface area contributed by atoms with E-state index in [4.69, 9.17) is 0 Å². The number of aromatic nitrogens is 2. The van der Waals surface area contributed by atoms with Crippen molar-refractivity contribution in [3.8, 4) is 0 Å². The number of amides is 1. The molecule has 0 saturated carbocycles. The number of nitrogens with zero attached hydrogens (tertiary/aromatic N) is 1. The summed E-state index contributed by atoms with van der Waals surface area (Å²) in [5, 5.41) is 19.9. The highest BCUT2D eigenvalue weighted by Crippen LogP contribution is 2.34. The number of H-pyrrole nitrogens is 1. The molecule has 2 aromatic rings. The molecule has 1 amide bonds. The summed E-state index contributed by atoms with van der Waals surface area (Å²) in [7, 11) is 0. The Morgan fingerprint density at radius 2 is 2.12 bits per heavy atom. The molecule has 3 N–H and O–H groups in total. The number of aromatic amines is 1. The summed E-state index contributed by atoms with van der Waals surface area (Å²) in [6, 6.07) is 7.74. The van der Waals surface area contributed by atoms with Crippen LogP contribution in [0.25, 0.3) is 0 Å². The quantitative estimate of drug-likeness (QED) is 0.793. The van der Waals surface area contributed by atoms with E-state index in [-0.39, 0.29) is 12.1 Å². The van der Waals surface area contributed by atoms with E-state index in [1.54, 1.807) is 13.8 Å². The van der Waals surface area contributed by atoms with E-state index in [0.717, 1.165) is 24.0 Å². The summed E-state index contributed by atoms with van der Waals surface area (Å²) in [6.07, 6.45) is 2.36. The first kappa shape index (κ1) is 16.4. The number of hydrogen-bond acceptors (Lipinski definition) is 4. The Morgan fingerprint density at radius 1 is 1.38 bits per heavy atom. The maximum atomic E-state index is 12.5. The highest BCUT2D eigenvalue weighted by atomic mass is 16.3. The molecular weight excluding hydrogens is 306 g/mol. The Bertz CT molecular complexity index is 844. The third kappa shape index (κ3) is 2.85. The molecule has 1 heterocycles. The molecule has 24 heavy (non-hydrogen) atoms. The van der Waals surface area contributed by atoms with Crippen molar-refractivity contribution >= 4 is 5.91 Å². The van der Waals surface area contributed by atoms with E-state index >= 15 is 0 Å². The zero-order valence-corrected chi connectivity index (χ0v) is 13.8. The molecule has 3 rings (SSSR count). The van der Waals surface area contributed by atoms with Crippen molar-refractivity contribution in [1.29, 1.82) is 0 Å². The van der Waals surface area contributed by atoms with Crippen molar-refractivity contribution in [2.24, 2.45) is 0 Å². The number of carbonyl (C=O) groups is 1. The summed E-state index contributed by atoms with van der Waals surface area (Å²) >= 11 is 0. The molecule has 1 aromatic heterocycles. The smallest absolute Gasteiger partial charge is 0.277 e. The van der Waals surface area contributed by atoms with E-state index in [0.29, 0.717) is 17.7 Å². The molecule has 1 atom stereocenters. The number of hydrogen-bond donors (Lipinski definition) is 3. The Kier molecular flexibility index (Phi) is 4.24. The normalized spacial score (nSPS) is 19.6. The van der Waals surface area contributed by atoms with Crippen LogP contribution in [0.3, 0.4) is 0 Å². The van der Waals surface area contributed by atoms with E-state index in [1.165, 1.54) is 0 Å². The molecule has 0 fully saturated rings. The summed E-state index contributed by atoms with van der Waals surface area (Å²) < 4.78 is 0. The Balaban J connectivity index is 1.83. The minimum absolute atomic E-state index is 0.0511. The number of aliphatic hydroxyl groups is 1. The molecule has 0 aliphatic heterocycles. The van der Waals surface area contributed by atoms with Gasteiger partial charge in [0, 0.05) is 0 Å². The van der Waals surface area contributed by atoms with Gasteiger partial charge in [-0.25, -0.2) is 5.10 Å². The standard InChI is InChI=1S/C18H21N3O3/c1-11-12(2)20-21-17(23)15(11)16(22)19-10-18(24)9-5-7-13-6-3-4-8-14(13)18/h3-4,6,8,24H,5,7,9-10H2,1-2H3,(H,19,22)(H,21,23). The van der Waals surface area contributed by atoms with Crippen LogP contribution in [0.15, 0.2) is 29.1 Å². The maximum absolute atomic E-state index is 12.5.